The lowest BCUT2D eigenvalue weighted by Crippen LogP contribution is -2.23. The van der Waals surface area contributed by atoms with Crippen molar-refractivity contribution in [3.63, 3.8) is 0 Å². The summed E-state index contributed by atoms with van der Waals surface area (Å²) >= 11 is 13.5. The highest BCUT2D eigenvalue weighted by Crippen LogP contribution is 2.27. The standard InChI is InChI=1S/C19H18Cl2N4O2S/c1-12(18(26)22-15-9-5-3-7-13(15)20)28-19-24-23-17(25(19)2)11-27-16-10-6-4-8-14(16)21/h3-10,12H,11H2,1-2H3,(H,22,26). The molecule has 3 aromatic rings. The summed E-state index contributed by atoms with van der Waals surface area (Å²) in [5.74, 6) is 1.03. The van der Waals surface area contributed by atoms with Crippen LogP contribution in [0.25, 0.3) is 0 Å². The maximum absolute atomic E-state index is 12.4. The number of thioether (sulfide) groups is 1. The third-order valence-electron chi connectivity index (χ3n) is 3.90. The number of para-hydroxylation sites is 2. The topological polar surface area (TPSA) is 69.0 Å². The van der Waals surface area contributed by atoms with Crippen LogP contribution in [0.2, 0.25) is 10.0 Å². The number of anilines is 1. The van der Waals surface area contributed by atoms with Gasteiger partial charge >= 0.3 is 0 Å². The zero-order valence-corrected chi connectivity index (χ0v) is 17.6. The summed E-state index contributed by atoms with van der Waals surface area (Å²) in [4.78, 5) is 12.4. The molecule has 146 valence electrons. The van der Waals surface area contributed by atoms with Gasteiger partial charge in [0.15, 0.2) is 11.0 Å². The number of rotatable bonds is 7. The first kappa shape index (κ1) is 20.5. The quantitative estimate of drug-likeness (QED) is 0.537. The van der Waals surface area contributed by atoms with Gasteiger partial charge in [0.1, 0.15) is 12.4 Å². The molecule has 0 saturated heterocycles. The van der Waals surface area contributed by atoms with Gasteiger partial charge in [-0.2, -0.15) is 0 Å². The lowest BCUT2D eigenvalue weighted by molar-refractivity contribution is -0.115. The molecule has 1 aromatic heterocycles. The Morgan fingerprint density at radius 2 is 1.82 bits per heavy atom. The number of amides is 1. The second-order valence-corrected chi connectivity index (χ2v) is 8.03. The number of carbonyl (C=O) groups excluding carboxylic acids is 1. The van der Waals surface area contributed by atoms with E-state index in [1.807, 2.05) is 31.3 Å². The molecule has 0 spiro atoms. The summed E-state index contributed by atoms with van der Waals surface area (Å²) in [6.07, 6.45) is 0. The van der Waals surface area contributed by atoms with Crippen LogP contribution >= 0.6 is 35.0 Å². The number of carbonyl (C=O) groups is 1. The molecule has 1 atom stereocenters. The molecule has 0 aliphatic rings. The average Bonchev–Trinajstić information content (AvgIpc) is 3.02. The first-order valence-electron chi connectivity index (χ1n) is 8.43. The first-order chi connectivity index (χ1) is 13.5. The summed E-state index contributed by atoms with van der Waals surface area (Å²) in [6.45, 7) is 2.01. The van der Waals surface area contributed by atoms with Gasteiger partial charge in [0.2, 0.25) is 5.91 Å². The van der Waals surface area contributed by atoms with Gasteiger partial charge in [0, 0.05) is 7.05 Å². The first-order valence-corrected chi connectivity index (χ1v) is 10.1. The highest BCUT2D eigenvalue weighted by molar-refractivity contribution is 8.00. The maximum Gasteiger partial charge on any atom is 0.237 e. The van der Waals surface area contributed by atoms with E-state index in [1.54, 1.807) is 35.8 Å². The van der Waals surface area contributed by atoms with Crippen molar-refractivity contribution < 1.29 is 9.53 Å². The van der Waals surface area contributed by atoms with Crippen LogP contribution in [0.5, 0.6) is 5.75 Å². The number of aromatic nitrogens is 3. The molecule has 0 radical (unpaired) electrons. The van der Waals surface area contributed by atoms with Crippen molar-refractivity contribution >= 4 is 46.6 Å². The van der Waals surface area contributed by atoms with E-state index >= 15 is 0 Å². The number of halogens is 2. The number of hydrogen-bond acceptors (Lipinski definition) is 5. The summed E-state index contributed by atoms with van der Waals surface area (Å²) in [5, 5.41) is 12.4. The average molecular weight is 437 g/mol. The fourth-order valence-corrected chi connectivity index (χ4v) is 3.49. The smallest absolute Gasteiger partial charge is 0.237 e. The lowest BCUT2D eigenvalue weighted by Gasteiger charge is -2.12. The highest BCUT2D eigenvalue weighted by Gasteiger charge is 2.20. The fraction of sp³-hybridized carbons (Fsp3) is 0.211. The summed E-state index contributed by atoms with van der Waals surface area (Å²) in [5.41, 5.74) is 0.577. The maximum atomic E-state index is 12.4. The predicted molar refractivity (Wildman–Crippen MR) is 112 cm³/mol. The van der Waals surface area contributed by atoms with Gasteiger partial charge in [0.05, 0.1) is 21.0 Å². The van der Waals surface area contributed by atoms with Crippen LogP contribution in [0.3, 0.4) is 0 Å². The van der Waals surface area contributed by atoms with E-state index in [2.05, 4.69) is 15.5 Å². The van der Waals surface area contributed by atoms with E-state index in [1.165, 1.54) is 11.8 Å². The van der Waals surface area contributed by atoms with E-state index in [0.29, 0.717) is 32.5 Å². The zero-order valence-electron chi connectivity index (χ0n) is 15.2. The highest BCUT2D eigenvalue weighted by atomic mass is 35.5. The molecule has 0 aliphatic carbocycles. The minimum absolute atomic E-state index is 0.171. The van der Waals surface area contributed by atoms with Crippen LogP contribution in [0.15, 0.2) is 53.7 Å². The van der Waals surface area contributed by atoms with Gasteiger partial charge in [-0.25, -0.2) is 0 Å². The van der Waals surface area contributed by atoms with Gasteiger partial charge in [-0.05, 0) is 31.2 Å². The third-order valence-corrected chi connectivity index (χ3v) is 5.68. The second kappa shape index (κ2) is 9.32. The van der Waals surface area contributed by atoms with Crippen LogP contribution in [0.1, 0.15) is 12.7 Å². The molecule has 3 rings (SSSR count). The molecule has 1 amide bonds. The Morgan fingerprint density at radius 1 is 1.14 bits per heavy atom. The lowest BCUT2D eigenvalue weighted by atomic mass is 10.3. The zero-order chi connectivity index (χ0) is 20.1. The van der Waals surface area contributed by atoms with E-state index in [0.717, 1.165) is 0 Å². The molecule has 1 N–H and O–H groups in total. The van der Waals surface area contributed by atoms with Crippen molar-refractivity contribution in [2.24, 2.45) is 7.05 Å². The number of hydrogen-bond donors (Lipinski definition) is 1. The molecule has 0 saturated carbocycles. The fourth-order valence-electron chi connectivity index (χ4n) is 2.29. The Hall–Kier alpha value is -2.22. The molecular weight excluding hydrogens is 419 g/mol. The van der Waals surface area contributed by atoms with Gasteiger partial charge in [-0.15, -0.1) is 10.2 Å². The number of nitrogens with zero attached hydrogens (tertiary/aromatic N) is 3. The normalized spacial score (nSPS) is 11.9. The molecule has 1 unspecified atom stereocenters. The molecule has 9 heteroatoms. The van der Waals surface area contributed by atoms with Crippen LogP contribution in [-0.4, -0.2) is 25.9 Å². The number of benzene rings is 2. The molecular formula is C19H18Cl2N4O2S. The van der Waals surface area contributed by atoms with E-state index in [4.69, 9.17) is 27.9 Å². The summed E-state index contributed by atoms with van der Waals surface area (Å²) < 4.78 is 7.50. The molecule has 0 bridgehead atoms. The molecule has 6 nitrogen and oxygen atoms in total. The number of ether oxygens (including phenoxy) is 1. The van der Waals surface area contributed by atoms with E-state index in [9.17, 15) is 4.79 Å². The summed E-state index contributed by atoms with van der Waals surface area (Å²) in [6, 6.07) is 14.3. The van der Waals surface area contributed by atoms with Crippen LogP contribution in [-0.2, 0) is 18.4 Å². The Balaban J connectivity index is 1.61. The minimum atomic E-state index is -0.392. The Labute approximate surface area is 177 Å². The monoisotopic (exact) mass is 436 g/mol. The van der Waals surface area contributed by atoms with Gasteiger partial charge in [0.25, 0.3) is 0 Å². The van der Waals surface area contributed by atoms with Crippen LogP contribution in [0, 0.1) is 0 Å². The Kier molecular flexibility index (Phi) is 6.83. The SMILES string of the molecule is CC(Sc1nnc(COc2ccccc2Cl)n1C)C(=O)Nc1ccccc1Cl. The van der Waals surface area contributed by atoms with Crippen molar-refractivity contribution in [1.82, 2.24) is 14.8 Å². The molecule has 0 fully saturated rings. The van der Waals surface area contributed by atoms with Crippen molar-refractivity contribution in [2.75, 3.05) is 5.32 Å². The van der Waals surface area contributed by atoms with Crippen molar-refractivity contribution in [1.29, 1.82) is 0 Å². The minimum Gasteiger partial charge on any atom is -0.484 e. The third kappa shape index (κ3) is 4.98. The van der Waals surface area contributed by atoms with Crippen molar-refractivity contribution in [3.8, 4) is 5.75 Å². The summed E-state index contributed by atoms with van der Waals surface area (Å²) in [7, 11) is 1.83. The van der Waals surface area contributed by atoms with Crippen molar-refractivity contribution in [2.45, 2.75) is 23.9 Å². The molecule has 1 heterocycles. The van der Waals surface area contributed by atoms with Crippen LogP contribution < -0.4 is 10.1 Å². The van der Waals surface area contributed by atoms with Gasteiger partial charge in [-0.3, -0.25) is 4.79 Å². The Morgan fingerprint density at radius 3 is 2.54 bits per heavy atom. The van der Waals surface area contributed by atoms with Crippen LogP contribution in [0.4, 0.5) is 5.69 Å². The van der Waals surface area contributed by atoms with E-state index < -0.39 is 5.25 Å². The molecule has 2 aromatic carbocycles. The van der Waals surface area contributed by atoms with Gasteiger partial charge in [-0.1, -0.05) is 59.2 Å². The Bertz CT molecular complexity index is 980. The largest absolute Gasteiger partial charge is 0.484 e. The van der Waals surface area contributed by atoms with Crippen molar-refractivity contribution in [3.05, 3.63) is 64.4 Å². The van der Waals surface area contributed by atoms with Gasteiger partial charge < -0.3 is 14.6 Å². The van der Waals surface area contributed by atoms with E-state index in [-0.39, 0.29) is 12.5 Å². The molecule has 0 aliphatic heterocycles. The molecule has 28 heavy (non-hydrogen) atoms. The number of nitrogens with one attached hydrogen (secondary N) is 1. The second-order valence-electron chi connectivity index (χ2n) is 5.91. The predicted octanol–water partition coefficient (Wildman–Crippen LogP) is 4.82.